The second-order valence-corrected chi connectivity index (χ2v) is 4.74. The number of piperazine rings is 1. The normalized spacial score (nSPS) is 21.1. The van der Waals surface area contributed by atoms with Gasteiger partial charge in [0, 0.05) is 25.7 Å². The van der Waals surface area contributed by atoms with E-state index in [4.69, 9.17) is 5.11 Å². The largest absolute Gasteiger partial charge is 0.478 e. The van der Waals surface area contributed by atoms with Crippen LogP contribution in [0.15, 0.2) is 18.2 Å². The summed E-state index contributed by atoms with van der Waals surface area (Å²) in [6.45, 7) is 4.48. The van der Waals surface area contributed by atoms with Crippen molar-refractivity contribution >= 4 is 11.7 Å². The molecular formula is C13H17FN2O2. The second-order valence-electron chi connectivity index (χ2n) is 4.74. The van der Waals surface area contributed by atoms with E-state index < -0.39 is 11.8 Å². The minimum atomic E-state index is -1.09. The standard InChI is InChI=1S/C13H17FN2O2/c1-9-8-16(6-5-15(9)2)12-4-3-10(14)7-11(12)13(17)18/h3-4,7,9H,5-6,8H2,1-2H3,(H,17,18). The zero-order valence-electron chi connectivity index (χ0n) is 10.6. The molecule has 1 atom stereocenters. The predicted molar refractivity (Wildman–Crippen MR) is 67.7 cm³/mol. The maximum absolute atomic E-state index is 13.1. The minimum Gasteiger partial charge on any atom is -0.478 e. The number of halogens is 1. The first-order valence-corrected chi connectivity index (χ1v) is 5.97. The molecule has 2 rings (SSSR count). The molecule has 0 aliphatic carbocycles. The van der Waals surface area contributed by atoms with E-state index in [2.05, 4.69) is 11.8 Å². The molecule has 1 fully saturated rings. The number of hydrogen-bond acceptors (Lipinski definition) is 3. The van der Waals surface area contributed by atoms with Gasteiger partial charge in [0.25, 0.3) is 0 Å². The molecule has 0 saturated carbocycles. The van der Waals surface area contributed by atoms with Gasteiger partial charge in [-0.15, -0.1) is 0 Å². The average molecular weight is 252 g/mol. The summed E-state index contributed by atoms with van der Waals surface area (Å²) in [5, 5.41) is 9.13. The summed E-state index contributed by atoms with van der Waals surface area (Å²) in [5.74, 6) is -1.60. The number of carboxylic acid groups (broad SMARTS) is 1. The number of nitrogens with zero attached hydrogens (tertiary/aromatic N) is 2. The highest BCUT2D eigenvalue weighted by atomic mass is 19.1. The molecule has 0 amide bonds. The summed E-state index contributed by atoms with van der Waals surface area (Å²) in [6.07, 6.45) is 0. The monoisotopic (exact) mass is 252 g/mol. The van der Waals surface area contributed by atoms with Crippen molar-refractivity contribution < 1.29 is 14.3 Å². The molecule has 18 heavy (non-hydrogen) atoms. The first-order chi connectivity index (χ1) is 8.49. The van der Waals surface area contributed by atoms with E-state index in [0.29, 0.717) is 11.7 Å². The van der Waals surface area contributed by atoms with E-state index in [9.17, 15) is 9.18 Å². The Balaban J connectivity index is 2.30. The molecule has 0 radical (unpaired) electrons. The van der Waals surface area contributed by atoms with E-state index >= 15 is 0 Å². The molecule has 0 bridgehead atoms. The van der Waals surface area contributed by atoms with Crippen molar-refractivity contribution in [1.82, 2.24) is 4.90 Å². The van der Waals surface area contributed by atoms with E-state index in [1.807, 2.05) is 11.9 Å². The lowest BCUT2D eigenvalue weighted by Gasteiger charge is -2.39. The highest BCUT2D eigenvalue weighted by molar-refractivity contribution is 5.94. The molecule has 4 nitrogen and oxygen atoms in total. The lowest BCUT2D eigenvalue weighted by molar-refractivity contribution is 0.0696. The van der Waals surface area contributed by atoms with Gasteiger partial charge < -0.3 is 14.9 Å². The molecule has 1 aliphatic rings. The third-order valence-electron chi connectivity index (χ3n) is 3.49. The third kappa shape index (κ3) is 2.46. The van der Waals surface area contributed by atoms with Gasteiger partial charge in [-0.25, -0.2) is 9.18 Å². The fourth-order valence-corrected chi connectivity index (χ4v) is 2.22. The van der Waals surface area contributed by atoms with Crippen LogP contribution in [0.4, 0.5) is 10.1 Å². The van der Waals surface area contributed by atoms with Gasteiger partial charge in [0.15, 0.2) is 0 Å². The van der Waals surface area contributed by atoms with Crippen LogP contribution in [0, 0.1) is 5.82 Å². The number of hydrogen-bond donors (Lipinski definition) is 1. The molecule has 0 aromatic heterocycles. The van der Waals surface area contributed by atoms with Crippen molar-refractivity contribution in [2.24, 2.45) is 0 Å². The number of rotatable bonds is 2. The van der Waals surface area contributed by atoms with Gasteiger partial charge in [0.2, 0.25) is 0 Å². The molecule has 1 N–H and O–H groups in total. The van der Waals surface area contributed by atoms with Crippen LogP contribution in [0.5, 0.6) is 0 Å². The summed E-state index contributed by atoms with van der Waals surface area (Å²) in [7, 11) is 2.05. The Bertz CT molecular complexity index is 464. The van der Waals surface area contributed by atoms with E-state index in [0.717, 1.165) is 25.7 Å². The zero-order valence-corrected chi connectivity index (χ0v) is 10.6. The molecule has 1 aromatic rings. The van der Waals surface area contributed by atoms with Gasteiger partial charge in [-0.2, -0.15) is 0 Å². The Morgan fingerprint density at radius 2 is 2.17 bits per heavy atom. The topological polar surface area (TPSA) is 43.8 Å². The fourth-order valence-electron chi connectivity index (χ4n) is 2.22. The van der Waals surface area contributed by atoms with E-state index in [1.165, 1.54) is 6.07 Å². The van der Waals surface area contributed by atoms with Crippen LogP contribution >= 0.6 is 0 Å². The number of carbonyl (C=O) groups is 1. The van der Waals surface area contributed by atoms with Crippen molar-refractivity contribution in [3.05, 3.63) is 29.6 Å². The van der Waals surface area contributed by atoms with E-state index in [-0.39, 0.29) is 5.56 Å². The molecule has 0 spiro atoms. The van der Waals surface area contributed by atoms with Gasteiger partial charge in [0.05, 0.1) is 11.3 Å². The van der Waals surface area contributed by atoms with Crippen LogP contribution in [0.3, 0.4) is 0 Å². The van der Waals surface area contributed by atoms with Crippen molar-refractivity contribution in [3.8, 4) is 0 Å². The Morgan fingerprint density at radius 3 is 2.78 bits per heavy atom. The predicted octanol–water partition coefficient (Wildman–Crippen LogP) is 1.66. The summed E-state index contributed by atoms with van der Waals surface area (Å²) < 4.78 is 13.1. The van der Waals surface area contributed by atoms with Gasteiger partial charge in [0.1, 0.15) is 5.82 Å². The van der Waals surface area contributed by atoms with Gasteiger partial charge in [-0.05, 0) is 32.2 Å². The highest BCUT2D eigenvalue weighted by Gasteiger charge is 2.24. The van der Waals surface area contributed by atoms with Crippen molar-refractivity contribution in [3.63, 3.8) is 0 Å². The van der Waals surface area contributed by atoms with Crippen molar-refractivity contribution in [2.75, 3.05) is 31.6 Å². The van der Waals surface area contributed by atoms with Crippen LogP contribution in [-0.4, -0.2) is 48.7 Å². The van der Waals surface area contributed by atoms with Crippen molar-refractivity contribution in [1.29, 1.82) is 0 Å². The van der Waals surface area contributed by atoms with Gasteiger partial charge >= 0.3 is 5.97 Å². The number of anilines is 1. The Kier molecular flexibility index (Phi) is 3.52. The number of aromatic carboxylic acids is 1. The van der Waals surface area contributed by atoms with E-state index in [1.54, 1.807) is 6.07 Å². The summed E-state index contributed by atoms with van der Waals surface area (Å²) in [5.41, 5.74) is 0.635. The Morgan fingerprint density at radius 1 is 1.44 bits per heavy atom. The second kappa shape index (κ2) is 4.94. The zero-order chi connectivity index (χ0) is 13.3. The van der Waals surface area contributed by atoms with Crippen LogP contribution in [0.25, 0.3) is 0 Å². The van der Waals surface area contributed by atoms with Crippen LogP contribution in [0.1, 0.15) is 17.3 Å². The number of likely N-dealkylation sites (N-methyl/N-ethyl adjacent to an activating group) is 1. The molecule has 98 valence electrons. The SMILES string of the molecule is CC1CN(c2ccc(F)cc2C(=O)O)CCN1C. The summed E-state index contributed by atoms with van der Waals surface area (Å²) in [4.78, 5) is 15.4. The average Bonchev–Trinajstić information content (AvgIpc) is 2.32. The van der Waals surface area contributed by atoms with Gasteiger partial charge in [-0.3, -0.25) is 0 Å². The lowest BCUT2D eigenvalue weighted by Crippen LogP contribution is -2.50. The molecular weight excluding hydrogens is 235 g/mol. The van der Waals surface area contributed by atoms with Crippen LogP contribution in [-0.2, 0) is 0 Å². The molecule has 1 aliphatic heterocycles. The molecule has 1 unspecified atom stereocenters. The van der Waals surface area contributed by atoms with Crippen molar-refractivity contribution in [2.45, 2.75) is 13.0 Å². The smallest absolute Gasteiger partial charge is 0.337 e. The highest BCUT2D eigenvalue weighted by Crippen LogP contribution is 2.24. The van der Waals surface area contributed by atoms with Crippen LogP contribution in [0.2, 0.25) is 0 Å². The first kappa shape index (κ1) is 12.8. The Labute approximate surface area is 106 Å². The van der Waals surface area contributed by atoms with Gasteiger partial charge in [-0.1, -0.05) is 0 Å². The molecule has 1 saturated heterocycles. The lowest BCUT2D eigenvalue weighted by atomic mass is 10.1. The third-order valence-corrected chi connectivity index (χ3v) is 3.49. The van der Waals surface area contributed by atoms with Crippen LogP contribution < -0.4 is 4.90 Å². The summed E-state index contributed by atoms with van der Waals surface area (Å²) >= 11 is 0. The quantitative estimate of drug-likeness (QED) is 0.869. The number of carboxylic acids is 1. The maximum atomic E-state index is 13.1. The number of benzene rings is 1. The first-order valence-electron chi connectivity index (χ1n) is 5.97. The Hall–Kier alpha value is -1.62. The maximum Gasteiger partial charge on any atom is 0.337 e. The molecule has 1 heterocycles. The fraction of sp³-hybridized carbons (Fsp3) is 0.462. The minimum absolute atomic E-state index is 0.0340. The molecule has 1 aromatic carbocycles. The molecule has 5 heteroatoms. The summed E-state index contributed by atoms with van der Waals surface area (Å²) in [6, 6.07) is 4.30.